The number of sulfone groups is 1. The summed E-state index contributed by atoms with van der Waals surface area (Å²) in [6, 6.07) is 2.16. The standard InChI is InChI=1S/C11H8F7NO4S/c12-9(13,10(14,15)16)11(17,18)24(22,23)7-3-1-6(2-4-7)19-5-8(20)21/h1-4,19H,5H2,(H,20,21). The van der Waals surface area contributed by atoms with Crippen molar-refractivity contribution in [3.63, 3.8) is 0 Å². The van der Waals surface area contributed by atoms with Crippen LogP contribution in [-0.2, 0) is 14.6 Å². The monoisotopic (exact) mass is 383 g/mol. The fourth-order valence-electron chi connectivity index (χ4n) is 1.41. The fourth-order valence-corrected chi connectivity index (χ4v) is 2.66. The van der Waals surface area contributed by atoms with Crippen molar-refractivity contribution in [2.45, 2.75) is 22.2 Å². The van der Waals surface area contributed by atoms with Gasteiger partial charge < -0.3 is 10.4 Å². The van der Waals surface area contributed by atoms with Crippen molar-refractivity contribution in [3.05, 3.63) is 24.3 Å². The predicted molar refractivity (Wildman–Crippen MR) is 65.7 cm³/mol. The number of rotatable bonds is 6. The predicted octanol–water partition coefficient (Wildman–Crippen LogP) is 2.75. The van der Waals surface area contributed by atoms with E-state index in [0.29, 0.717) is 12.1 Å². The van der Waals surface area contributed by atoms with Crippen molar-refractivity contribution in [2.24, 2.45) is 0 Å². The maximum Gasteiger partial charge on any atom is 0.461 e. The molecule has 0 atom stereocenters. The molecule has 1 aromatic carbocycles. The van der Waals surface area contributed by atoms with E-state index in [-0.39, 0.29) is 5.69 Å². The van der Waals surface area contributed by atoms with Crippen LogP contribution in [0.1, 0.15) is 0 Å². The molecule has 0 aliphatic rings. The first-order chi connectivity index (χ1) is 10.6. The molecule has 0 aliphatic heterocycles. The molecule has 0 spiro atoms. The number of hydrogen-bond acceptors (Lipinski definition) is 4. The van der Waals surface area contributed by atoms with Gasteiger partial charge in [0.15, 0.2) is 0 Å². The molecule has 0 saturated heterocycles. The van der Waals surface area contributed by atoms with Crippen molar-refractivity contribution < 1.29 is 49.1 Å². The number of halogens is 7. The molecule has 0 fully saturated rings. The summed E-state index contributed by atoms with van der Waals surface area (Å²) in [6.07, 6.45) is -6.79. The van der Waals surface area contributed by atoms with Crippen LogP contribution in [0.15, 0.2) is 29.2 Å². The highest BCUT2D eigenvalue weighted by atomic mass is 32.2. The zero-order valence-corrected chi connectivity index (χ0v) is 12.1. The van der Waals surface area contributed by atoms with Gasteiger partial charge in [0, 0.05) is 5.69 Å². The molecule has 1 aromatic rings. The lowest BCUT2D eigenvalue weighted by molar-refractivity contribution is -0.332. The molecule has 5 nitrogen and oxygen atoms in total. The van der Waals surface area contributed by atoms with Gasteiger partial charge in [0.2, 0.25) is 9.84 Å². The highest BCUT2D eigenvalue weighted by Gasteiger charge is 2.78. The molecule has 24 heavy (non-hydrogen) atoms. The Labute approximate surface area is 130 Å². The van der Waals surface area contributed by atoms with Crippen LogP contribution < -0.4 is 5.32 Å². The maximum absolute atomic E-state index is 13.4. The summed E-state index contributed by atoms with van der Waals surface area (Å²) in [4.78, 5) is 8.80. The van der Waals surface area contributed by atoms with E-state index in [0.717, 1.165) is 12.1 Å². The Bertz CT molecular complexity index is 713. The minimum Gasteiger partial charge on any atom is -0.480 e. The van der Waals surface area contributed by atoms with Gasteiger partial charge >= 0.3 is 23.3 Å². The summed E-state index contributed by atoms with van der Waals surface area (Å²) in [6.45, 7) is -0.631. The number of carboxylic acids is 1. The minimum atomic E-state index is -6.81. The molecule has 136 valence electrons. The van der Waals surface area contributed by atoms with E-state index in [1.54, 1.807) is 0 Å². The van der Waals surface area contributed by atoms with E-state index in [9.17, 15) is 43.9 Å². The highest BCUT2D eigenvalue weighted by molar-refractivity contribution is 7.92. The van der Waals surface area contributed by atoms with E-state index in [4.69, 9.17) is 5.11 Å². The summed E-state index contributed by atoms with van der Waals surface area (Å²) >= 11 is 0. The van der Waals surface area contributed by atoms with E-state index >= 15 is 0 Å². The third kappa shape index (κ3) is 3.39. The van der Waals surface area contributed by atoms with Crippen LogP contribution in [0.3, 0.4) is 0 Å². The van der Waals surface area contributed by atoms with Gasteiger partial charge in [-0.05, 0) is 24.3 Å². The highest BCUT2D eigenvalue weighted by Crippen LogP contribution is 2.50. The van der Waals surface area contributed by atoms with Crippen LogP contribution in [0.2, 0.25) is 0 Å². The first kappa shape index (κ1) is 20.0. The van der Waals surface area contributed by atoms with E-state index in [1.807, 2.05) is 0 Å². The molecular formula is C11H8F7NO4S. The molecule has 13 heteroatoms. The van der Waals surface area contributed by atoms with Crippen molar-refractivity contribution in [3.8, 4) is 0 Å². The topological polar surface area (TPSA) is 83.5 Å². The van der Waals surface area contributed by atoms with Crippen LogP contribution in [-0.4, -0.2) is 43.4 Å². The zero-order chi connectivity index (χ0) is 19.0. The van der Waals surface area contributed by atoms with Crippen LogP contribution in [0.25, 0.3) is 0 Å². The Morgan fingerprint density at radius 3 is 1.83 bits per heavy atom. The molecular weight excluding hydrogens is 375 g/mol. The zero-order valence-electron chi connectivity index (χ0n) is 11.2. The molecule has 2 N–H and O–H groups in total. The van der Waals surface area contributed by atoms with Gasteiger partial charge in [0.25, 0.3) is 0 Å². The quantitative estimate of drug-likeness (QED) is 0.739. The third-order valence-electron chi connectivity index (χ3n) is 2.67. The molecule has 0 amide bonds. The SMILES string of the molecule is O=C(O)CNc1ccc(S(=O)(=O)C(F)(F)C(F)(F)C(F)(F)F)cc1. The number of nitrogens with one attached hydrogen (secondary N) is 1. The Morgan fingerprint density at radius 1 is 1.00 bits per heavy atom. The molecule has 0 unspecified atom stereocenters. The van der Waals surface area contributed by atoms with Gasteiger partial charge in [-0.2, -0.15) is 30.7 Å². The lowest BCUT2D eigenvalue weighted by atomic mass is 10.3. The number of anilines is 1. The third-order valence-corrected chi connectivity index (χ3v) is 4.49. The maximum atomic E-state index is 13.4. The second-order valence-corrected chi connectivity index (χ2v) is 6.36. The molecule has 0 bridgehead atoms. The van der Waals surface area contributed by atoms with Crippen molar-refractivity contribution in [2.75, 3.05) is 11.9 Å². The molecule has 0 heterocycles. The number of alkyl halides is 7. The number of benzene rings is 1. The van der Waals surface area contributed by atoms with Gasteiger partial charge in [-0.15, -0.1) is 0 Å². The fraction of sp³-hybridized carbons (Fsp3) is 0.364. The van der Waals surface area contributed by atoms with Gasteiger partial charge in [-0.25, -0.2) is 8.42 Å². The minimum absolute atomic E-state index is 0.0813. The number of carboxylic acid groups (broad SMARTS) is 1. The summed E-state index contributed by atoms with van der Waals surface area (Å²) in [5.41, 5.74) is -0.0813. The molecule has 0 saturated carbocycles. The largest absolute Gasteiger partial charge is 0.480 e. The molecule has 1 rings (SSSR count). The Hall–Kier alpha value is -2.05. The van der Waals surface area contributed by atoms with E-state index in [2.05, 4.69) is 5.32 Å². The number of aliphatic carboxylic acids is 1. The first-order valence-electron chi connectivity index (χ1n) is 5.77. The van der Waals surface area contributed by atoms with Crippen LogP contribution in [0.4, 0.5) is 36.4 Å². The molecule has 0 aliphatic carbocycles. The summed E-state index contributed by atoms with van der Waals surface area (Å²) in [5, 5.41) is 4.15. The lowest BCUT2D eigenvalue weighted by Crippen LogP contribution is -2.55. The van der Waals surface area contributed by atoms with Crippen LogP contribution >= 0.6 is 0 Å². The van der Waals surface area contributed by atoms with Crippen molar-refractivity contribution >= 4 is 21.5 Å². The summed E-state index contributed by atoms with van der Waals surface area (Å²) in [5.74, 6) is -8.12. The lowest BCUT2D eigenvalue weighted by Gasteiger charge is -2.27. The summed E-state index contributed by atoms with van der Waals surface area (Å²) in [7, 11) is -6.37. The number of hydrogen-bond donors (Lipinski definition) is 2. The van der Waals surface area contributed by atoms with Gasteiger partial charge in [0.1, 0.15) is 6.54 Å². The molecule has 0 aromatic heterocycles. The van der Waals surface area contributed by atoms with Crippen LogP contribution in [0.5, 0.6) is 0 Å². The first-order valence-corrected chi connectivity index (χ1v) is 7.25. The van der Waals surface area contributed by atoms with Crippen LogP contribution in [0, 0.1) is 0 Å². The Morgan fingerprint density at radius 2 is 1.46 bits per heavy atom. The van der Waals surface area contributed by atoms with Gasteiger partial charge in [0.05, 0.1) is 4.90 Å². The Kier molecular flexibility index (Phi) is 5.09. The van der Waals surface area contributed by atoms with E-state index < -0.39 is 44.6 Å². The molecule has 0 radical (unpaired) electrons. The van der Waals surface area contributed by atoms with Crippen molar-refractivity contribution in [1.82, 2.24) is 0 Å². The Balaban J connectivity index is 3.22. The van der Waals surface area contributed by atoms with E-state index in [1.165, 1.54) is 0 Å². The normalized spacial score (nSPS) is 13.6. The smallest absolute Gasteiger partial charge is 0.461 e. The van der Waals surface area contributed by atoms with Gasteiger partial charge in [-0.1, -0.05) is 0 Å². The van der Waals surface area contributed by atoms with Crippen molar-refractivity contribution in [1.29, 1.82) is 0 Å². The second-order valence-electron chi connectivity index (χ2n) is 4.36. The number of carbonyl (C=O) groups is 1. The van der Waals surface area contributed by atoms with Gasteiger partial charge in [-0.3, -0.25) is 4.79 Å². The average Bonchev–Trinajstić information content (AvgIpc) is 2.43. The second kappa shape index (κ2) is 6.11. The average molecular weight is 383 g/mol. The summed E-state index contributed by atoms with van der Waals surface area (Å²) < 4.78 is 112.